The quantitative estimate of drug-likeness (QED) is 0.497. The highest BCUT2D eigenvalue weighted by atomic mass is 32.2. The number of aliphatic hydroxyl groups is 1. The van der Waals surface area contributed by atoms with Crippen LogP contribution in [0.4, 0.5) is 5.82 Å². The number of aromatic nitrogens is 1. The van der Waals surface area contributed by atoms with Crippen molar-refractivity contribution in [2.24, 2.45) is 7.05 Å². The van der Waals surface area contributed by atoms with Gasteiger partial charge in [0.25, 0.3) is 11.5 Å². The van der Waals surface area contributed by atoms with E-state index in [1.165, 1.54) is 16.3 Å². The number of hydrogen-bond donors (Lipinski definition) is 1. The van der Waals surface area contributed by atoms with Gasteiger partial charge in [-0.2, -0.15) is 5.26 Å². The lowest BCUT2D eigenvalue weighted by Gasteiger charge is -2.37. The molecule has 0 aromatic carbocycles. The Bertz CT molecular complexity index is 1090. The minimum absolute atomic E-state index is 0.0811. The number of piperazine rings is 1. The fourth-order valence-electron chi connectivity index (χ4n) is 5.01. The SMILES string of the molecule is Cc1c(C=C2SC(=S)N(C3CCCC3)C2=O)c(N2CCN(CCO)CC2)n(C)c(=O)c1C#N. The van der Waals surface area contributed by atoms with E-state index in [0.29, 0.717) is 40.2 Å². The number of nitrogens with zero attached hydrogens (tertiary/aromatic N) is 5. The molecule has 1 aromatic rings. The van der Waals surface area contributed by atoms with E-state index in [-0.39, 0.29) is 29.7 Å². The molecular formula is C23H29N5O3S2. The molecule has 0 radical (unpaired) electrons. The van der Waals surface area contributed by atoms with Crippen LogP contribution in [0.5, 0.6) is 0 Å². The number of rotatable bonds is 5. The molecule has 0 unspecified atom stereocenters. The minimum atomic E-state index is -0.335. The van der Waals surface area contributed by atoms with Crippen molar-refractivity contribution in [2.75, 3.05) is 44.2 Å². The molecule has 1 amide bonds. The maximum Gasteiger partial charge on any atom is 0.270 e. The van der Waals surface area contributed by atoms with E-state index in [1.807, 2.05) is 6.08 Å². The van der Waals surface area contributed by atoms with Gasteiger partial charge in [0.2, 0.25) is 0 Å². The van der Waals surface area contributed by atoms with Crippen molar-refractivity contribution in [2.45, 2.75) is 38.6 Å². The van der Waals surface area contributed by atoms with Crippen LogP contribution in [0.2, 0.25) is 0 Å². The summed E-state index contributed by atoms with van der Waals surface area (Å²) in [7, 11) is 1.68. The second-order valence-electron chi connectivity index (χ2n) is 8.76. The molecule has 8 nitrogen and oxygen atoms in total. The van der Waals surface area contributed by atoms with Gasteiger partial charge in [-0.25, -0.2) is 0 Å². The fraction of sp³-hybridized carbons (Fsp3) is 0.565. The molecule has 3 heterocycles. The van der Waals surface area contributed by atoms with Crippen molar-refractivity contribution >= 4 is 46.1 Å². The lowest BCUT2D eigenvalue weighted by molar-refractivity contribution is -0.123. The number of amides is 1. The molecule has 0 atom stereocenters. The Morgan fingerprint density at radius 2 is 1.88 bits per heavy atom. The van der Waals surface area contributed by atoms with E-state index < -0.39 is 0 Å². The van der Waals surface area contributed by atoms with Crippen LogP contribution in [0, 0.1) is 18.3 Å². The number of anilines is 1. The van der Waals surface area contributed by atoms with Crippen molar-refractivity contribution in [3.63, 3.8) is 0 Å². The number of nitriles is 1. The third-order valence-electron chi connectivity index (χ3n) is 6.84. The van der Waals surface area contributed by atoms with E-state index in [4.69, 9.17) is 12.2 Å². The van der Waals surface area contributed by atoms with Crippen LogP contribution in [0.3, 0.4) is 0 Å². The summed E-state index contributed by atoms with van der Waals surface area (Å²) in [4.78, 5) is 32.8. The molecule has 2 aliphatic heterocycles. The number of aliphatic hydroxyl groups excluding tert-OH is 1. The van der Waals surface area contributed by atoms with Crippen LogP contribution >= 0.6 is 24.0 Å². The summed E-state index contributed by atoms with van der Waals surface area (Å²) in [6, 6.07) is 2.22. The number of β-amino-alcohol motifs (C(OH)–C–C–N with tert-alkyl or cyclic N) is 1. The number of carbonyl (C=O) groups is 1. The Hall–Kier alpha value is -2.19. The Labute approximate surface area is 203 Å². The van der Waals surface area contributed by atoms with Gasteiger partial charge in [0.1, 0.15) is 21.8 Å². The monoisotopic (exact) mass is 487 g/mol. The maximum atomic E-state index is 13.3. The maximum absolute atomic E-state index is 13.3. The molecular weight excluding hydrogens is 458 g/mol. The van der Waals surface area contributed by atoms with Crippen molar-refractivity contribution in [3.8, 4) is 6.07 Å². The smallest absolute Gasteiger partial charge is 0.270 e. The second kappa shape index (κ2) is 9.97. The van der Waals surface area contributed by atoms with E-state index >= 15 is 0 Å². The van der Waals surface area contributed by atoms with Gasteiger partial charge in [-0.3, -0.25) is 24.0 Å². The first kappa shape index (κ1) is 24.0. The lowest BCUT2D eigenvalue weighted by Crippen LogP contribution is -2.49. The van der Waals surface area contributed by atoms with E-state index in [1.54, 1.807) is 18.9 Å². The molecule has 33 heavy (non-hydrogen) atoms. The van der Waals surface area contributed by atoms with Gasteiger partial charge in [-0.15, -0.1) is 0 Å². The second-order valence-corrected chi connectivity index (χ2v) is 10.4. The van der Waals surface area contributed by atoms with Gasteiger partial charge in [0.15, 0.2) is 0 Å². The minimum Gasteiger partial charge on any atom is -0.395 e. The van der Waals surface area contributed by atoms with Crippen LogP contribution in [0.15, 0.2) is 9.70 Å². The van der Waals surface area contributed by atoms with Gasteiger partial charge in [0.05, 0.1) is 11.5 Å². The van der Waals surface area contributed by atoms with Crippen LogP contribution in [-0.4, -0.2) is 75.1 Å². The van der Waals surface area contributed by atoms with E-state index in [2.05, 4.69) is 15.9 Å². The van der Waals surface area contributed by atoms with Gasteiger partial charge in [-0.1, -0.05) is 36.8 Å². The number of thiocarbonyl (C=S) groups is 1. The molecule has 1 N–H and O–H groups in total. The Kier molecular flexibility index (Phi) is 7.24. The highest BCUT2D eigenvalue weighted by Gasteiger charge is 2.38. The molecule has 3 fully saturated rings. The predicted molar refractivity (Wildman–Crippen MR) is 134 cm³/mol. The highest BCUT2D eigenvalue weighted by Crippen LogP contribution is 2.39. The molecule has 3 aliphatic rings. The molecule has 10 heteroatoms. The first-order chi connectivity index (χ1) is 15.9. The Morgan fingerprint density at radius 1 is 1.21 bits per heavy atom. The van der Waals surface area contributed by atoms with Crippen LogP contribution in [0.1, 0.15) is 42.4 Å². The third kappa shape index (κ3) is 4.47. The summed E-state index contributed by atoms with van der Waals surface area (Å²) in [5, 5.41) is 18.9. The van der Waals surface area contributed by atoms with Gasteiger partial charge in [0, 0.05) is 51.4 Å². The van der Waals surface area contributed by atoms with Crippen LogP contribution in [-0.2, 0) is 11.8 Å². The third-order valence-corrected chi connectivity index (χ3v) is 8.18. The first-order valence-corrected chi connectivity index (χ1v) is 12.6. The molecule has 2 saturated heterocycles. The van der Waals surface area contributed by atoms with Crippen molar-refractivity contribution < 1.29 is 9.90 Å². The van der Waals surface area contributed by atoms with Gasteiger partial charge >= 0.3 is 0 Å². The van der Waals surface area contributed by atoms with Crippen LogP contribution < -0.4 is 10.5 Å². The molecule has 176 valence electrons. The zero-order valence-electron chi connectivity index (χ0n) is 19.0. The summed E-state index contributed by atoms with van der Waals surface area (Å²) in [6.07, 6.45) is 5.98. The first-order valence-electron chi connectivity index (χ1n) is 11.4. The molecule has 1 saturated carbocycles. The number of hydrogen-bond acceptors (Lipinski definition) is 8. The summed E-state index contributed by atoms with van der Waals surface area (Å²) in [5.41, 5.74) is 1.06. The number of pyridine rings is 1. The fourth-order valence-corrected chi connectivity index (χ4v) is 6.39. The zero-order valence-corrected chi connectivity index (χ0v) is 20.7. The summed E-state index contributed by atoms with van der Waals surface area (Å²) < 4.78 is 2.11. The van der Waals surface area contributed by atoms with Crippen molar-refractivity contribution in [1.82, 2.24) is 14.4 Å². The summed E-state index contributed by atoms with van der Waals surface area (Å²) in [5.74, 6) is 0.633. The lowest BCUT2D eigenvalue weighted by atomic mass is 10.0. The summed E-state index contributed by atoms with van der Waals surface area (Å²) >= 11 is 6.86. The van der Waals surface area contributed by atoms with E-state index in [9.17, 15) is 20.0 Å². The van der Waals surface area contributed by atoms with Crippen LogP contribution in [0.25, 0.3) is 6.08 Å². The zero-order chi connectivity index (χ0) is 23.7. The summed E-state index contributed by atoms with van der Waals surface area (Å²) in [6.45, 7) is 5.40. The molecule has 1 aromatic heterocycles. The Balaban J connectivity index is 1.75. The molecule has 4 rings (SSSR count). The number of carbonyl (C=O) groups excluding carboxylic acids is 1. The normalized spacial score (nSPS) is 21.5. The Morgan fingerprint density at radius 3 is 2.48 bits per heavy atom. The molecule has 1 aliphatic carbocycles. The largest absolute Gasteiger partial charge is 0.395 e. The van der Waals surface area contributed by atoms with Crippen molar-refractivity contribution in [1.29, 1.82) is 5.26 Å². The van der Waals surface area contributed by atoms with E-state index in [0.717, 1.165) is 44.3 Å². The van der Waals surface area contributed by atoms with Gasteiger partial charge in [-0.05, 0) is 31.4 Å². The average molecular weight is 488 g/mol. The number of thioether (sulfide) groups is 1. The van der Waals surface area contributed by atoms with Gasteiger partial charge < -0.3 is 10.0 Å². The topological polar surface area (TPSA) is 92.8 Å². The standard InChI is InChI=1S/C23H29N5O3S2/c1-15-17(13-19-22(31)28(23(32)33-19)16-5-3-4-6-16)20(25(2)21(30)18(15)14-24)27-9-7-26(8-10-27)11-12-29/h13,16,29H,3-12H2,1-2H3. The predicted octanol–water partition coefficient (Wildman–Crippen LogP) is 1.82. The van der Waals surface area contributed by atoms with Crippen molar-refractivity contribution in [3.05, 3.63) is 31.9 Å². The average Bonchev–Trinajstić information content (AvgIpc) is 3.41. The molecule has 0 spiro atoms. The molecule has 0 bridgehead atoms. The highest BCUT2D eigenvalue weighted by molar-refractivity contribution is 8.26.